The van der Waals surface area contributed by atoms with Crippen molar-refractivity contribution in [2.75, 3.05) is 6.61 Å². The molecule has 1 N–H and O–H groups in total. The normalized spacial score (nSPS) is 22.1. The molecule has 0 amide bonds. The first-order chi connectivity index (χ1) is 17.9. The van der Waals surface area contributed by atoms with Gasteiger partial charge in [0.2, 0.25) is 0 Å². The highest BCUT2D eigenvalue weighted by molar-refractivity contribution is 5.65. The van der Waals surface area contributed by atoms with E-state index < -0.39 is 11.6 Å². The van der Waals surface area contributed by atoms with Crippen molar-refractivity contribution < 1.29 is 23.0 Å². The van der Waals surface area contributed by atoms with Crippen LogP contribution in [-0.4, -0.2) is 17.8 Å². The molecule has 0 spiro atoms. The summed E-state index contributed by atoms with van der Waals surface area (Å²) in [4.78, 5) is 0. The van der Waals surface area contributed by atoms with Crippen molar-refractivity contribution in [1.82, 2.24) is 0 Å². The molecule has 1 saturated heterocycles. The molecule has 2 nitrogen and oxygen atoms in total. The van der Waals surface area contributed by atoms with Crippen molar-refractivity contribution in [1.29, 1.82) is 0 Å². The van der Waals surface area contributed by atoms with E-state index in [-0.39, 0.29) is 35.4 Å². The second kappa shape index (κ2) is 11.4. The molecule has 196 valence electrons. The molecular weight excluding hydrogens is 473 g/mol. The molecule has 0 bridgehead atoms. The summed E-state index contributed by atoms with van der Waals surface area (Å²) in [6.45, 7) is 2.65. The third-order valence-electron chi connectivity index (χ3n) is 8.16. The lowest BCUT2D eigenvalue weighted by Gasteiger charge is -2.32. The van der Waals surface area contributed by atoms with E-state index in [4.69, 9.17) is 4.74 Å². The number of aryl methyl sites for hydroxylation is 2. The first-order valence-corrected chi connectivity index (χ1v) is 13.6. The van der Waals surface area contributed by atoms with E-state index in [2.05, 4.69) is 6.92 Å². The number of hydrogen-bond acceptors (Lipinski definition) is 2. The monoisotopic (exact) mass is 508 g/mol. The molecule has 2 unspecified atom stereocenters. The molecule has 0 radical (unpaired) electrons. The number of halogens is 3. The minimum absolute atomic E-state index is 0.00768. The SMILES string of the molecule is CCCC(O)C1CCC(c2ccc(-c3ccc(CCc4ccc(C5CO5)c(F)c4)cc3)c(F)c2F)CC1. The van der Waals surface area contributed by atoms with Crippen LogP contribution in [0.25, 0.3) is 11.1 Å². The summed E-state index contributed by atoms with van der Waals surface area (Å²) in [6, 6.07) is 16.2. The van der Waals surface area contributed by atoms with E-state index in [1.807, 2.05) is 30.3 Å². The summed E-state index contributed by atoms with van der Waals surface area (Å²) in [6.07, 6.45) is 6.03. The zero-order valence-electron chi connectivity index (χ0n) is 21.4. The lowest BCUT2D eigenvalue weighted by atomic mass is 9.75. The van der Waals surface area contributed by atoms with Gasteiger partial charge in [-0.3, -0.25) is 0 Å². The molecule has 1 heterocycles. The predicted octanol–water partition coefficient (Wildman–Crippen LogP) is 8.06. The van der Waals surface area contributed by atoms with E-state index in [1.54, 1.807) is 24.3 Å². The first kappa shape index (κ1) is 26.0. The number of aliphatic hydroxyl groups is 1. The van der Waals surface area contributed by atoms with Crippen LogP contribution in [0.5, 0.6) is 0 Å². The van der Waals surface area contributed by atoms with Gasteiger partial charge in [0.15, 0.2) is 11.6 Å². The largest absolute Gasteiger partial charge is 0.393 e. The van der Waals surface area contributed by atoms with Crippen LogP contribution in [0.4, 0.5) is 13.2 Å². The van der Waals surface area contributed by atoms with Gasteiger partial charge in [-0.2, -0.15) is 0 Å². The van der Waals surface area contributed by atoms with Gasteiger partial charge in [0.25, 0.3) is 0 Å². The second-order valence-electron chi connectivity index (χ2n) is 10.7. The summed E-state index contributed by atoms with van der Waals surface area (Å²) in [5.41, 5.74) is 3.94. The Kier molecular flexibility index (Phi) is 8.01. The summed E-state index contributed by atoms with van der Waals surface area (Å²) < 4.78 is 49.7. The van der Waals surface area contributed by atoms with Crippen LogP contribution in [0, 0.1) is 23.4 Å². The molecule has 1 saturated carbocycles. The van der Waals surface area contributed by atoms with Crippen LogP contribution in [0.2, 0.25) is 0 Å². The van der Waals surface area contributed by atoms with Crippen LogP contribution < -0.4 is 0 Å². The van der Waals surface area contributed by atoms with Crippen molar-refractivity contribution in [2.24, 2.45) is 5.92 Å². The smallest absolute Gasteiger partial charge is 0.166 e. The van der Waals surface area contributed by atoms with Gasteiger partial charge in [-0.05, 0) is 85.1 Å². The highest BCUT2D eigenvalue weighted by atomic mass is 19.2. The fraction of sp³-hybridized carbons (Fsp3) is 0.438. The molecule has 1 aliphatic heterocycles. The van der Waals surface area contributed by atoms with Crippen LogP contribution in [0.3, 0.4) is 0 Å². The topological polar surface area (TPSA) is 32.8 Å². The van der Waals surface area contributed by atoms with Gasteiger partial charge in [-0.1, -0.05) is 61.9 Å². The quantitative estimate of drug-likeness (QED) is 0.297. The van der Waals surface area contributed by atoms with Crippen molar-refractivity contribution in [3.05, 3.63) is 94.3 Å². The maximum Gasteiger partial charge on any atom is 0.166 e. The zero-order valence-corrected chi connectivity index (χ0v) is 21.4. The average Bonchev–Trinajstić information content (AvgIpc) is 3.75. The van der Waals surface area contributed by atoms with Crippen LogP contribution >= 0.6 is 0 Å². The van der Waals surface area contributed by atoms with Gasteiger partial charge in [0.1, 0.15) is 11.9 Å². The Labute approximate surface area is 217 Å². The van der Waals surface area contributed by atoms with Crippen LogP contribution in [0.1, 0.15) is 79.7 Å². The van der Waals surface area contributed by atoms with E-state index in [0.717, 1.165) is 56.1 Å². The van der Waals surface area contributed by atoms with Crippen LogP contribution in [-0.2, 0) is 17.6 Å². The Balaban J connectivity index is 1.21. The standard InChI is InChI=1S/C32H35F3O2/c1-2-3-29(36)24-13-11-23(12-14-24)26-17-16-25(31(34)32(26)35)22-9-6-20(7-10-22)4-5-21-8-15-27(28(33)18-21)30-19-37-30/h6-10,15-18,23-24,29-30,36H,2-5,11-14,19H2,1H3. The summed E-state index contributed by atoms with van der Waals surface area (Å²) >= 11 is 0. The Morgan fingerprint density at radius 1 is 0.838 bits per heavy atom. The van der Waals surface area contributed by atoms with Crippen LogP contribution in [0.15, 0.2) is 54.6 Å². The Morgan fingerprint density at radius 3 is 2.14 bits per heavy atom. The Bertz CT molecular complexity index is 1210. The minimum Gasteiger partial charge on any atom is -0.393 e. The first-order valence-electron chi connectivity index (χ1n) is 13.6. The predicted molar refractivity (Wildman–Crippen MR) is 140 cm³/mol. The Morgan fingerprint density at radius 2 is 1.49 bits per heavy atom. The highest BCUT2D eigenvalue weighted by Crippen LogP contribution is 2.40. The number of hydrogen-bond donors (Lipinski definition) is 1. The second-order valence-corrected chi connectivity index (χ2v) is 10.7. The van der Waals surface area contributed by atoms with Crippen molar-refractivity contribution in [3.63, 3.8) is 0 Å². The molecule has 5 rings (SSSR count). The Hall–Kier alpha value is -2.63. The molecule has 3 aromatic rings. The molecule has 3 aromatic carbocycles. The summed E-state index contributed by atoms with van der Waals surface area (Å²) in [5, 5.41) is 10.3. The van der Waals surface area contributed by atoms with E-state index in [0.29, 0.717) is 29.7 Å². The molecule has 2 atom stereocenters. The van der Waals surface area contributed by atoms with Crippen molar-refractivity contribution >= 4 is 0 Å². The van der Waals surface area contributed by atoms with E-state index in [9.17, 15) is 9.50 Å². The van der Waals surface area contributed by atoms with Gasteiger partial charge in [0.05, 0.1) is 12.7 Å². The van der Waals surface area contributed by atoms with Crippen molar-refractivity contribution in [2.45, 2.75) is 76.4 Å². The molecule has 5 heteroatoms. The fourth-order valence-electron chi connectivity index (χ4n) is 5.80. The maximum absolute atomic E-state index is 15.2. The fourth-order valence-corrected chi connectivity index (χ4v) is 5.80. The number of epoxide rings is 1. The van der Waals surface area contributed by atoms with Crippen molar-refractivity contribution in [3.8, 4) is 11.1 Å². The molecule has 1 aliphatic carbocycles. The molecular formula is C32H35F3O2. The third kappa shape index (κ3) is 5.94. The van der Waals surface area contributed by atoms with Gasteiger partial charge in [-0.15, -0.1) is 0 Å². The number of aliphatic hydroxyl groups excluding tert-OH is 1. The molecule has 2 aliphatic rings. The molecule has 37 heavy (non-hydrogen) atoms. The van der Waals surface area contributed by atoms with Gasteiger partial charge >= 0.3 is 0 Å². The number of rotatable bonds is 9. The lowest BCUT2D eigenvalue weighted by molar-refractivity contribution is 0.0727. The number of ether oxygens (including phenoxy) is 1. The summed E-state index contributed by atoms with van der Waals surface area (Å²) in [5.74, 6) is -1.52. The maximum atomic E-state index is 15.2. The highest BCUT2D eigenvalue weighted by Gasteiger charge is 2.30. The van der Waals surface area contributed by atoms with Gasteiger partial charge in [-0.25, -0.2) is 13.2 Å². The summed E-state index contributed by atoms with van der Waals surface area (Å²) in [7, 11) is 0. The van der Waals surface area contributed by atoms with Gasteiger partial charge < -0.3 is 9.84 Å². The minimum atomic E-state index is -0.798. The van der Waals surface area contributed by atoms with Gasteiger partial charge in [0, 0.05) is 11.1 Å². The third-order valence-corrected chi connectivity index (χ3v) is 8.16. The lowest BCUT2D eigenvalue weighted by Crippen LogP contribution is -2.25. The zero-order chi connectivity index (χ0) is 25.9. The molecule has 2 fully saturated rings. The van der Waals surface area contributed by atoms with E-state index >= 15 is 8.78 Å². The number of benzene rings is 3. The van der Waals surface area contributed by atoms with E-state index in [1.165, 1.54) is 0 Å². The average molecular weight is 509 g/mol. The molecule has 0 aromatic heterocycles.